The number of carboxylic acid groups (broad SMARTS) is 1. The SMILES string of the molecule is Cl.NCc1ccc2c(c1)OCC(=O)N2.O=C(O)c1nc2cc(Cl)ccc2c(=O)[nH]1. The van der Waals surface area contributed by atoms with Gasteiger partial charge < -0.3 is 25.9 Å². The van der Waals surface area contributed by atoms with Crippen molar-refractivity contribution in [3.05, 3.63) is 63.2 Å². The second kappa shape index (κ2) is 9.37. The van der Waals surface area contributed by atoms with Crippen LogP contribution < -0.4 is 21.3 Å². The average Bonchev–Trinajstić information content (AvgIpc) is 2.67. The molecule has 0 spiro atoms. The van der Waals surface area contributed by atoms with Gasteiger partial charge in [-0.2, -0.15) is 0 Å². The summed E-state index contributed by atoms with van der Waals surface area (Å²) in [7, 11) is 0. The molecule has 5 N–H and O–H groups in total. The molecule has 0 saturated heterocycles. The monoisotopic (exact) mass is 438 g/mol. The Morgan fingerprint density at radius 1 is 1.24 bits per heavy atom. The number of H-pyrrole nitrogens is 1. The van der Waals surface area contributed by atoms with E-state index < -0.39 is 17.4 Å². The van der Waals surface area contributed by atoms with Crippen molar-refractivity contribution >= 4 is 52.5 Å². The number of aromatic nitrogens is 2. The minimum absolute atomic E-state index is 0. The fourth-order valence-corrected chi connectivity index (χ4v) is 2.63. The molecule has 3 aromatic rings. The van der Waals surface area contributed by atoms with Crippen LogP contribution in [0.5, 0.6) is 5.75 Å². The third-order valence-electron chi connectivity index (χ3n) is 3.79. The maximum absolute atomic E-state index is 11.4. The molecule has 0 radical (unpaired) electrons. The summed E-state index contributed by atoms with van der Waals surface area (Å²) in [5, 5.41) is 12.1. The van der Waals surface area contributed by atoms with Gasteiger partial charge in [-0.15, -0.1) is 12.4 Å². The van der Waals surface area contributed by atoms with E-state index in [1.807, 2.05) is 12.1 Å². The van der Waals surface area contributed by atoms with Gasteiger partial charge in [0.15, 0.2) is 6.61 Å². The standard InChI is InChI=1S/C9H5ClN2O3.C9H10N2O2.ClH/c10-4-1-2-5-6(3-4)11-7(9(14)15)12-8(5)13;10-4-6-1-2-7-8(3-6)13-5-9(12)11-7;/h1-3H,(H,14,15)(H,11,12,13);1-3H,4-5,10H2,(H,11,12);1H. The van der Waals surface area contributed by atoms with Crippen molar-refractivity contribution in [2.24, 2.45) is 5.73 Å². The highest BCUT2D eigenvalue weighted by atomic mass is 35.5. The van der Waals surface area contributed by atoms with E-state index in [4.69, 9.17) is 27.2 Å². The van der Waals surface area contributed by atoms with Crippen molar-refractivity contribution in [1.82, 2.24) is 9.97 Å². The smallest absolute Gasteiger partial charge is 0.372 e. The number of aromatic carboxylic acids is 1. The van der Waals surface area contributed by atoms with Crippen LogP contribution in [0.1, 0.15) is 16.2 Å². The van der Waals surface area contributed by atoms with Crippen LogP contribution in [0.2, 0.25) is 5.02 Å². The van der Waals surface area contributed by atoms with Gasteiger partial charge in [-0.3, -0.25) is 9.59 Å². The molecule has 0 saturated carbocycles. The van der Waals surface area contributed by atoms with Gasteiger partial charge in [0.2, 0.25) is 5.82 Å². The van der Waals surface area contributed by atoms with E-state index in [-0.39, 0.29) is 30.4 Å². The number of aromatic amines is 1. The summed E-state index contributed by atoms with van der Waals surface area (Å²) in [5.41, 5.74) is 6.95. The van der Waals surface area contributed by atoms with Crippen LogP contribution in [0.3, 0.4) is 0 Å². The molecule has 4 rings (SSSR count). The number of amides is 1. The second-order valence-corrected chi connectivity index (χ2v) is 6.19. The number of hydrogen-bond donors (Lipinski definition) is 4. The maximum atomic E-state index is 11.4. The number of fused-ring (bicyclic) bond motifs is 2. The number of carboxylic acids is 1. The van der Waals surface area contributed by atoms with Crippen LogP contribution in [0.25, 0.3) is 10.9 Å². The van der Waals surface area contributed by atoms with Crippen LogP contribution in [0.4, 0.5) is 5.69 Å². The van der Waals surface area contributed by atoms with Gasteiger partial charge in [0, 0.05) is 11.6 Å². The number of anilines is 1. The number of halogens is 2. The summed E-state index contributed by atoms with van der Waals surface area (Å²) in [4.78, 5) is 38.9. The lowest BCUT2D eigenvalue weighted by atomic mass is 10.2. The maximum Gasteiger partial charge on any atom is 0.372 e. The molecule has 0 unspecified atom stereocenters. The lowest BCUT2D eigenvalue weighted by molar-refractivity contribution is -0.118. The first-order chi connectivity index (χ1) is 13.4. The molecule has 2 aromatic carbocycles. The first kappa shape index (κ1) is 22.2. The van der Waals surface area contributed by atoms with Crippen molar-refractivity contribution in [2.75, 3.05) is 11.9 Å². The first-order valence-electron chi connectivity index (χ1n) is 8.06. The number of benzene rings is 2. The number of hydrogen-bond acceptors (Lipinski definition) is 6. The molecule has 0 atom stereocenters. The molecule has 1 aliphatic heterocycles. The fourth-order valence-electron chi connectivity index (χ4n) is 2.46. The fraction of sp³-hybridized carbons (Fsp3) is 0.111. The molecule has 0 bridgehead atoms. The zero-order valence-electron chi connectivity index (χ0n) is 14.8. The normalized spacial score (nSPS) is 11.9. The molecule has 1 aliphatic rings. The Balaban J connectivity index is 0.000000202. The number of nitrogens with zero attached hydrogens (tertiary/aromatic N) is 1. The highest BCUT2D eigenvalue weighted by molar-refractivity contribution is 6.31. The van der Waals surface area contributed by atoms with Crippen LogP contribution in [0, 0.1) is 0 Å². The topological polar surface area (TPSA) is 147 Å². The summed E-state index contributed by atoms with van der Waals surface area (Å²) in [6, 6.07) is 9.99. The minimum Gasteiger partial charge on any atom is -0.482 e. The number of carbonyl (C=O) groups is 2. The van der Waals surface area contributed by atoms with Gasteiger partial charge in [-0.25, -0.2) is 9.78 Å². The Morgan fingerprint density at radius 3 is 2.69 bits per heavy atom. The molecule has 1 aromatic heterocycles. The Hall–Kier alpha value is -3.14. The molecule has 2 heterocycles. The van der Waals surface area contributed by atoms with E-state index in [9.17, 15) is 14.4 Å². The Labute approximate surface area is 175 Å². The highest BCUT2D eigenvalue weighted by Gasteiger charge is 2.15. The van der Waals surface area contributed by atoms with Gasteiger partial charge in [0.1, 0.15) is 5.75 Å². The van der Waals surface area contributed by atoms with Crippen LogP contribution in [-0.4, -0.2) is 33.6 Å². The molecular formula is C18H16Cl2N4O5. The van der Waals surface area contributed by atoms with Crippen LogP contribution in [-0.2, 0) is 11.3 Å². The Kier molecular flexibility index (Phi) is 7.16. The molecule has 1 amide bonds. The molecule has 0 aliphatic carbocycles. The number of rotatable bonds is 2. The van der Waals surface area contributed by atoms with E-state index in [1.165, 1.54) is 12.1 Å². The van der Waals surface area contributed by atoms with Crippen molar-refractivity contribution in [1.29, 1.82) is 0 Å². The van der Waals surface area contributed by atoms with Gasteiger partial charge in [0.05, 0.1) is 16.6 Å². The van der Waals surface area contributed by atoms with Crippen molar-refractivity contribution in [3.63, 3.8) is 0 Å². The molecule has 11 heteroatoms. The van der Waals surface area contributed by atoms with Gasteiger partial charge in [-0.05, 0) is 35.9 Å². The molecule has 9 nitrogen and oxygen atoms in total. The van der Waals surface area contributed by atoms with Crippen molar-refractivity contribution < 1.29 is 19.4 Å². The Bertz CT molecular complexity index is 1130. The Morgan fingerprint density at radius 2 is 2.00 bits per heavy atom. The predicted molar refractivity (Wildman–Crippen MR) is 110 cm³/mol. The number of carbonyl (C=O) groups excluding carboxylic acids is 1. The van der Waals surface area contributed by atoms with E-state index in [0.717, 1.165) is 5.56 Å². The van der Waals surface area contributed by atoms with Crippen molar-refractivity contribution in [2.45, 2.75) is 6.54 Å². The molecular weight excluding hydrogens is 423 g/mol. The number of nitrogens with two attached hydrogens (primary N) is 1. The zero-order chi connectivity index (χ0) is 20.3. The number of ether oxygens (including phenoxy) is 1. The summed E-state index contributed by atoms with van der Waals surface area (Å²) in [6.07, 6.45) is 0. The molecule has 152 valence electrons. The predicted octanol–water partition coefficient (Wildman–Crippen LogP) is 2.17. The average molecular weight is 439 g/mol. The molecule has 0 fully saturated rings. The largest absolute Gasteiger partial charge is 0.482 e. The third-order valence-corrected chi connectivity index (χ3v) is 4.02. The van der Waals surface area contributed by atoms with Gasteiger partial charge in [0.25, 0.3) is 11.5 Å². The lowest BCUT2D eigenvalue weighted by Crippen LogP contribution is -2.25. The van der Waals surface area contributed by atoms with Crippen LogP contribution >= 0.6 is 24.0 Å². The summed E-state index contributed by atoms with van der Waals surface area (Å²) >= 11 is 5.70. The van der Waals surface area contributed by atoms with Gasteiger partial charge in [-0.1, -0.05) is 17.7 Å². The van der Waals surface area contributed by atoms with Gasteiger partial charge >= 0.3 is 5.97 Å². The second-order valence-electron chi connectivity index (χ2n) is 5.75. The summed E-state index contributed by atoms with van der Waals surface area (Å²) in [6.45, 7) is 0.561. The lowest BCUT2D eigenvalue weighted by Gasteiger charge is -2.18. The van der Waals surface area contributed by atoms with E-state index >= 15 is 0 Å². The minimum atomic E-state index is -1.28. The highest BCUT2D eigenvalue weighted by Crippen LogP contribution is 2.28. The van der Waals surface area contributed by atoms with E-state index in [2.05, 4.69) is 15.3 Å². The number of nitrogens with one attached hydrogen (secondary N) is 2. The summed E-state index contributed by atoms with van der Waals surface area (Å²) < 4.78 is 5.21. The van der Waals surface area contributed by atoms with E-state index in [1.54, 1.807) is 12.1 Å². The summed E-state index contributed by atoms with van der Waals surface area (Å²) in [5.74, 6) is -1.10. The van der Waals surface area contributed by atoms with E-state index in [0.29, 0.717) is 28.4 Å². The zero-order valence-corrected chi connectivity index (χ0v) is 16.3. The first-order valence-corrected chi connectivity index (χ1v) is 8.43. The van der Waals surface area contributed by atoms with Crippen molar-refractivity contribution in [3.8, 4) is 5.75 Å². The quantitative estimate of drug-likeness (QED) is 0.478. The molecule has 29 heavy (non-hydrogen) atoms. The van der Waals surface area contributed by atoms with Crippen LogP contribution in [0.15, 0.2) is 41.2 Å². The third kappa shape index (κ3) is 5.23.